The van der Waals surface area contributed by atoms with E-state index in [1.165, 1.54) is 38.5 Å². The molecule has 0 aromatic rings. The number of hydrogen-bond acceptors (Lipinski definition) is 1. The highest BCUT2D eigenvalue weighted by molar-refractivity contribution is 5.73. The van der Waals surface area contributed by atoms with Crippen molar-refractivity contribution in [3.8, 4) is 0 Å². The minimum Gasteiger partial charge on any atom is -0.343 e. The lowest BCUT2D eigenvalue weighted by Gasteiger charge is -2.29. The van der Waals surface area contributed by atoms with Crippen molar-refractivity contribution < 1.29 is 4.79 Å². The topological polar surface area (TPSA) is 20.3 Å². The molecule has 1 aliphatic rings. The van der Waals surface area contributed by atoms with E-state index in [-0.39, 0.29) is 5.91 Å². The maximum absolute atomic E-state index is 11.2. The van der Waals surface area contributed by atoms with Gasteiger partial charge < -0.3 is 4.90 Å². The molecule has 1 fully saturated rings. The van der Waals surface area contributed by atoms with Gasteiger partial charge in [0.25, 0.3) is 0 Å². The molecule has 1 atom stereocenters. The van der Waals surface area contributed by atoms with Crippen LogP contribution < -0.4 is 0 Å². The Balaban J connectivity index is 2.31. The number of amides is 1. The summed E-state index contributed by atoms with van der Waals surface area (Å²) < 4.78 is 0. The highest BCUT2D eigenvalue weighted by Gasteiger charge is 2.19. The number of carbonyl (C=O) groups excluding carboxylic acids is 1. The summed E-state index contributed by atoms with van der Waals surface area (Å²) in [5, 5.41) is 0. The maximum atomic E-state index is 11.2. The van der Waals surface area contributed by atoms with Gasteiger partial charge in [0.15, 0.2) is 0 Å². The molecule has 1 saturated carbocycles. The van der Waals surface area contributed by atoms with E-state index in [4.69, 9.17) is 0 Å². The minimum atomic E-state index is 0.188. The first kappa shape index (κ1) is 11.5. The Bertz CT molecular complexity index is 185. The van der Waals surface area contributed by atoms with Crippen LogP contribution in [0, 0.1) is 5.92 Å². The maximum Gasteiger partial charge on any atom is 0.219 e. The molecule has 0 radical (unpaired) electrons. The second-order valence-electron chi connectivity index (χ2n) is 4.72. The zero-order chi connectivity index (χ0) is 10.6. The van der Waals surface area contributed by atoms with E-state index in [0.717, 1.165) is 5.92 Å². The molecule has 0 aliphatic heterocycles. The van der Waals surface area contributed by atoms with Gasteiger partial charge >= 0.3 is 0 Å². The Labute approximate surface area is 87.7 Å². The summed E-state index contributed by atoms with van der Waals surface area (Å²) in [5.74, 6) is 1.05. The third-order valence-corrected chi connectivity index (χ3v) is 3.56. The molecule has 0 aromatic carbocycles. The molecule has 0 N–H and O–H groups in total. The number of rotatable bonds is 3. The first-order valence-corrected chi connectivity index (χ1v) is 5.84. The SMILES string of the molecule is CC(=O)N(C)C(C)CC1CCCCC1. The second-order valence-corrected chi connectivity index (χ2v) is 4.72. The number of carbonyl (C=O) groups is 1. The largest absolute Gasteiger partial charge is 0.343 e. The van der Waals surface area contributed by atoms with Gasteiger partial charge in [0.2, 0.25) is 5.91 Å². The number of hydrogen-bond donors (Lipinski definition) is 0. The fourth-order valence-electron chi connectivity index (χ4n) is 2.37. The van der Waals surface area contributed by atoms with Gasteiger partial charge in [-0.2, -0.15) is 0 Å². The van der Waals surface area contributed by atoms with Gasteiger partial charge in [0, 0.05) is 20.0 Å². The van der Waals surface area contributed by atoms with Crippen LogP contribution in [0.2, 0.25) is 0 Å². The Hall–Kier alpha value is -0.530. The normalized spacial score (nSPS) is 20.5. The standard InChI is InChI=1S/C12H23NO/c1-10(13(3)11(2)14)9-12-7-5-4-6-8-12/h10,12H,4-9H2,1-3H3. The van der Waals surface area contributed by atoms with Crippen molar-refractivity contribution >= 4 is 5.91 Å². The van der Waals surface area contributed by atoms with Crippen molar-refractivity contribution in [2.75, 3.05) is 7.05 Å². The average Bonchev–Trinajstić information content (AvgIpc) is 2.18. The first-order chi connectivity index (χ1) is 6.61. The highest BCUT2D eigenvalue weighted by Crippen LogP contribution is 2.28. The van der Waals surface area contributed by atoms with Gasteiger partial charge in [0.05, 0.1) is 0 Å². The van der Waals surface area contributed by atoms with E-state index in [0.29, 0.717) is 6.04 Å². The van der Waals surface area contributed by atoms with Gasteiger partial charge in [-0.15, -0.1) is 0 Å². The van der Waals surface area contributed by atoms with Crippen LogP contribution in [0.25, 0.3) is 0 Å². The Morgan fingerprint density at radius 3 is 2.43 bits per heavy atom. The van der Waals surface area contributed by atoms with E-state index < -0.39 is 0 Å². The van der Waals surface area contributed by atoms with Crippen LogP contribution in [0.3, 0.4) is 0 Å². The third-order valence-electron chi connectivity index (χ3n) is 3.56. The quantitative estimate of drug-likeness (QED) is 0.681. The highest BCUT2D eigenvalue weighted by atomic mass is 16.2. The van der Waals surface area contributed by atoms with Crippen LogP contribution in [-0.2, 0) is 4.79 Å². The zero-order valence-electron chi connectivity index (χ0n) is 9.75. The molecule has 0 bridgehead atoms. The predicted molar refractivity (Wildman–Crippen MR) is 59.1 cm³/mol. The van der Waals surface area contributed by atoms with Crippen molar-refractivity contribution in [1.29, 1.82) is 0 Å². The summed E-state index contributed by atoms with van der Waals surface area (Å²) in [4.78, 5) is 13.0. The van der Waals surface area contributed by atoms with E-state index in [2.05, 4.69) is 6.92 Å². The van der Waals surface area contributed by atoms with Crippen LogP contribution in [0.5, 0.6) is 0 Å². The van der Waals surface area contributed by atoms with E-state index in [9.17, 15) is 4.79 Å². The summed E-state index contributed by atoms with van der Waals surface area (Å²) in [6.45, 7) is 3.81. The van der Waals surface area contributed by atoms with Crippen molar-refractivity contribution in [3.63, 3.8) is 0 Å². The summed E-state index contributed by atoms with van der Waals surface area (Å²) in [6, 6.07) is 0.413. The molecule has 2 nitrogen and oxygen atoms in total. The summed E-state index contributed by atoms with van der Waals surface area (Å²) >= 11 is 0. The van der Waals surface area contributed by atoms with Crippen LogP contribution in [0.1, 0.15) is 52.4 Å². The van der Waals surface area contributed by atoms with Gasteiger partial charge in [-0.3, -0.25) is 4.79 Å². The smallest absolute Gasteiger partial charge is 0.219 e. The molecule has 1 amide bonds. The second kappa shape index (κ2) is 5.38. The lowest BCUT2D eigenvalue weighted by Crippen LogP contribution is -2.34. The van der Waals surface area contributed by atoms with E-state index >= 15 is 0 Å². The fraction of sp³-hybridized carbons (Fsp3) is 0.917. The van der Waals surface area contributed by atoms with Gasteiger partial charge in [0.1, 0.15) is 0 Å². The molecule has 0 aromatic heterocycles. The minimum absolute atomic E-state index is 0.188. The molecular formula is C12H23NO. The van der Waals surface area contributed by atoms with Gasteiger partial charge in [-0.05, 0) is 19.3 Å². The van der Waals surface area contributed by atoms with Crippen molar-refractivity contribution in [3.05, 3.63) is 0 Å². The van der Waals surface area contributed by atoms with Gasteiger partial charge in [-0.25, -0.2) is 0 Å². The third kappa shape index (κ3) is 3.32. The lowest BCUT2D eigenvalue weighted by atomic mass is 9.85. The average molecular weight is 197 g/mol. The molecule has 2 heteroatoms. The van der Waals surface area contributed by atoms with Gasteiger partial charge in [-0.1, -0.05) is 32.1 Å². The zero-order valence-corrected chi connectivity index (χ0v) is 9.75. The predicted octanol–water partition coefficient (Wildman–Crippen LogP) is 2.82. The van der Waals surface area contributed by atoms with Crippen LogP contribution >= 0.6 is 0 Å². The molecule has 1 aliphatic carbocycles. The first-order valence-electron chi connectivity index (χ1n) is 5.84. The molecule has 0 saturated heterocycles. The summed E-state index contributed by atoms with van der Waals surface area (Å²) in [5.41, 5.74) is 0. The van der Waals surface area contributed by atoms with E-state index in [1.54, 1.807) is 6.92 Å². The van der Waals surface area contributed by atoms with Crippen LogP contribution in [0.4, 0.5) is 0 Å². The summed E-state index contributed by atoms with van der Waals surface area (Å²) in [6.07, 6.45) is 8.12. The molecule has 1 rings (SSSR count). The monoisotopic (exact) mass is 197 g/mol. The summed E-state index contributed by atoms with van der Waals surface area (Å²) in [7, 11) is 1.91. The molecule has 1 unspecified atom stereocenters. The van der Waals surface area contributed by atoms with Crippen molar-refractivity contribution in [2.45, 2.75) is 58.4 Å². The molecule has 82 valence electrons. The molecular weight excluding hydrogens is 174 g/mol. The Morgan fingerprint density at radius 1 is 1.36 bits per heavy atom. The van der Waals surface area contributed by atoms with Crippen molar-refractivity contribution in [1.82, 2.24) is 4.90 Å². The Kier molecular flexibility index (Phi) is 4.43. The van der Waals surface area contributed by atoms with E-state index in [1.807, 2.05) is 11.9 Å². The molecule has 0 spiro atoms. The lowest BCUT2D eigenvalue weighted by molar-refractivity contribution is -0.129. The molecule has 0 heterocycles. The Morgan fingerprint density at radius 2 is 1.93 bits per heavy atom. The van der Waals surface area contributed by atoms with Crippen LogP contribution in [0.15, 0.2) is 0 Å². The number of nitrogens with zero attached hydrogens (tertiary/aromatic N) is 1. The molecule has 14 heavy (non-hydrogen) atoms. The van der Waals surface area contributed by atoms with Crippen LogP contribution in [-0.4, -0.2) is 23.9 Å². The fourth-order valence-corrected chi connectivity index (χ4v) is 2.37. The van der Waals surface area contributed by atoms with Crippen molar-refractivity contribution in [2.24, 2.45) is 5.92 Å².